The van der Waals surface area contributed by atoms with E-state index in [-0.39, 0.29) is 6.71 Å². The minimum Gasteiger partial charge on any atom is -0.309 e. The number of aromatic nitrogens is 3. The molecule has 0 saturated carbocycles. The first-order valence-corrected chi connectivity index (χ1v) is 37.3. The van der Waals surface area contributed by atoms with E-state index in [4.69, 9.17) is 0 Å². The number of fused-ring (bicyclic) bond motifs is 13. The third-order valence-electron chi connectivity index (χ3n) is 22.8. The molecule has 0 amide bonds. The van der Waals surface area contributed by atoms with Crippen LogP contribution in [0.4, 0.5) is 34.1 Å². The predicted molar refractivity (Wildman–Crippen MR) is 456 cm³/mol. The lowest BCUT2D eigenvalue weighted by Crippen LogP contribution is -2.61. The highest BCUT2D eigenvalue weighted by molar-refractivity contribution is 7.00. The van der Waals surface area contributed by atoms with E-state index in [1.54, 1.807) is 0 Å². The van der Waals surface area contributed by atoms with Crippen molar-refractivity contribution in [2.45, 2.75) is 0 Å². The number of benzene rings is 17. The summed E-state index contributed by atoms with van der Waals surface area (Å²) in [6.07, 6.45) is 0. The van der Waals surface area contributed by atoms with Crippen LogP contribution in [0.25, 0.3) is 149 Å². The second-order valence-corrected chi connectivity index (χ2v) is 28.7. The Kier molecular flexibility index (Phi) is 14.0. The summed E-state index contributed by atoms with van der Waals surface area (Å²) >= 11 is 0. The molecule has 5 nitrogen and oxygen atoms in total. The summed E-state index contributed by atoms with van der Waals surface area (Å²) in [5.41, 5.74) is 34.2. The topological polar surface area (TPSA) is 21.3 Å². The Morgan fingerprint density at radius 3 is 0.741 bits per heavy atom. The number of anilines is 6. The van der Waals surface area contributed by atoms with E-state index in [1.165, 1.54) is 93.2 Å². The molecule has 0 atom stereocenters. The molecule has 0 saturated heterocycles. The molecular formula is C102H66BN5. The summed E-state index contributed by atoms with van der Waals surface area (Å²) in [7, 11) is 0. The maximum absolute atomic E-state index is 2.64. The first-order chi connectivity index (χ1) is 53.6. The standard InChI is InChI=1S/C102H66BN5/c1-7-27-67(28-8-1)73-47-53-90-82(59-73)83-60-74(68-29-9-2-10-30-68)48-54-91(83)105(90)96-43-23-25-45-98(96)107-94-57-51-77(71-35-15-5-16-36-71)63-86(94)103-87-64-78(72-37-17-6-18-38-72)52-58-95(87)108(101-66-79(65-100(107)102(101)103)104-88-41-21-19-39-80(88)81-40-20-22-42-89(81)104)99-46-26-24-44-97(99)106-92-55-49-75(69-31-11-3-12-32-69)61-84(92)85-62-76(50-56-93(85)106)70-33-13-4-14-34-70/h1-66H. The van der Waals surface area contributed by atoms with Crippen molar-refractivity contribution < 1.29 is 0 Å². The molecule has 0 unspecified atom stereocenters. The molecule has 0 spiro atoms. The highest BCUT2D eigenvalue weighted by atomic mass is 15.2. The Morgan fingerprint density at radius 2 is 0.417 bits per heavy atom. The van der Waals surface area contributed by atoms with Gasteiger partial charge in [-0.25, -0.2) is 0 Å². The second kappa shape index (κ2) is 24.7. The van der Waals surface area contributed by atoms with Gasteiger partial charge in [0.25, 0.3) is 6.71 Å². The molecule has 17 aromatic carbocycles. The van der Waals surface area contributed by atoms with E-state index in [9.17, 15) is 0 Å². The van der Waals surface area contributed by atoms with Crippen LogP contribution in [0.2, 0.25) is 0 Å². The summed E-state index contributed by atoms with van der Waals surface area (Å²) in [5, 5.41) is 7.16. The molecule has 2 aliphatic heterocycles. The molecule has 20 aromatic rings. The van der Waals surface area contributed by atoms with E-state index in [1.807, 2.05) is 0 Å². The monoisotopic (exact) mass is 1370 g/mol. The molecule has 0 N–H and O–H groups in total. The summed E-state index contributed by atoms with van der Waals surface area (Å²) in [6.45, 7) is -0.256. The molecule has 502 valence electrons. The van der Waals surface area contributed by atoms with Crippen molar-refractivity contribution in [1.82, 2.24) is 13.7 Å². The Labute approximate surface area is 626 Å². The van der Waals surface area contributed by atoms with Crippen molar-refractivity contribution >= 4 is 123 Å². The van der Waals surface area contributed by atoms with Gasteiger partial charge in [0.2, 0.25) is 0 Å². The van der Waals surface area contributed by atoms with Crippen LogP contribution in [0, 0.1) is 0 Å². The van der Waals surface area contributed by atoms with Crippen molar-refractivity contribution in [3.63, 3.8) is 0 Å². The first kappa shape index (κ1) is 61.3. The van der Waals surface area contributed by atoms with E-state index >= 15 is 0 Å². The van der Waals surface area contributed by atoms with Gasteiger partial charge in [-0.2, -0.15) is 0 Å². The van der Waals surface area contributed by atoms with Gasteiger partial charge in [0.15, 0.2) is 0 Å². The van der Waals surface area contributed by atoms with E-state index in [0.29, 0.717) is 0 Å². The smallest absolute Gasteiger partial charge is 0.252 e. The Balaban J connectivity index is 0.861. The molecule has 0 radical (unpaired) electrons. The fourth-order valence-corrected chi connectivity index (χ4v) is 18.0. The van der Waals surface area contributed by atoms with E-state index < -0.39 is 0 Å². The minimum absolute atomic E-state index is 0.256. The van der Waals surface area contributed by atoms with Crippen molar-refractivity contribution in [2.24, 2.45) is 0 Å². The fraction of sp³-hybridized carbons (Fsp3) is 0. The molecule has 5 heterocycles. The third-order valence-corrected chi connectivity index (χ3v) is 22.8. The molecule has 6 heteroatoms. The van der Waals surface area contributed by atoms with Crippen LogP contribution in [0.1, 0.15) is 0 Å². The van der Waals surface area contributed by atoms with Crippen molar-refractivity contribution in [3.8, 4) is 83.8 Å². The Hall–Kier alpha value is -14.2. The summed E-state index contributed by atoms with van der Waals surface area (Å²) < 4.78 is 7.60. The molecule has 22 rings (SSSR count). The lowest BCUT2D eigenvalue weighted by Gasteiger charge is -2.45. The van der Waals surface area contributed by atoms with E-state index in [0.717, 1.165) is 107 Å². The maximum Gasteiger partial charge on any atom is 0.252 e. The zero-order valence-corrected chi connectivity index (χ0v) is 58.9. The summed E-state index contributed by atoms with van der Waals surface area (Å²) in [6, 6.07) is 149. The van der Waals surface area contributed by atoms with Gasteiger partial charge in [-0.3, -0.25) is 0 Å². The van der Waals surface area contributed by atoms with Crippen LogP contribution in [0.3, 0.4) is 0 Å². The SMILES string of the molecule is c1ccc(-c2ccc3c(c2)B2c4cc(-c5ccccc5)ccc4N(c4ccccc4-n4c5ccc(-c6ccccc6)cc5c5cc(-c6ccccc6)ccc54)c4cc(-n5c6ccccc6c6ccccc65)cc(c42)N3c2ccccc2-n2c3ccc(-c4ccccc4)cc3c3cc(-c4ccccc4)ccc32)cc1. The van der Waals surface area contributed by atoms with Gasteiger partial charge in [0.05, 0.1) is 61.5 Å². The molecule has 3 aromatic heterocycles. The minimum atomic E-state index is -0.256. The van der Waals surface area contributed by atoms with Gasteiger partial charge in [-0.1, -0.05) is 291 Å². The van der Waals surface area contributed by atoms with Gasteiger partial charge in [-0.15, -0.1) is 0 Å². The van der Waals surface area contributed by atoms with Crippen molar-refractivity contribution in [1.29, 1.82) is 0 Å². The molecule has 0 fully saturated rings. The number of para-hydroxylation sites is 6. The highest BCUT2D eigenvalue weighted by Gasteiger charge is 2.45. The van der Waals surface area contributed by atoms with Gasteiger partial charge in [0, 0.05) is 55.1 Å². The molecule has 0 bridgehead atoms. The van der Waals surface area contributed by atoms with Crippen LogP contribution < -0.4 is 26.2 Å². The zero-order valence-electron chi connectivity index (χ0n) is 58.9. The van der Waals surface area contributed by atoms with Crippen LogP contribution in [-0.4, -0.2) is 20.4 Å². The van der Waals surface area contributed by atoms with Crippen LogP contribution in [-0.2, 0) is 0 Å². The average molecular weight is 1370 g/mol. The Bertz CT molecular complexity index is 6370. The lowest BCUT2D eigenvalue weighted by molar-refractivity contribution is 1.13. The maximum atomic E-state index is 2.64. The zero-order chi connectivity index (χ0) is 70.9. The van der Waals surface area contributed by atoms with E-state index in [2.05, 4.69) is 424 Å². The van der Waals surface area contributed by atoms with Crippen LogP contribution >= 0.6 is 0 Å². The van der Waals surface area contributed by atoms with Gasteiger partial charge < -0.3 is 23.5 Å². The highest BCUT2D eigenvalue weighted by Crippen LogP contribution is 2.52. The molecule has 108 heavy (non-hydrogen) atoms. The quantitative estimate of drug-likeness (QED) is 0.120. The second-order valence-electron chi connectivity index (χ2n) is 28.7. The third kappa shape index (κ3) is 9.67. The van der Waals surface area contributed by atoms with Crippen LogP contribution in [0.5, 0.6) is 0 Å². The lowest BCUT2D eigenvalue weighted by atomic mass is 9.33. The van der Waals surface area contributed by atoms with Crippen molar-refractivity contribution in [3.05, 3.63) is 400 Å². The Morgan fingerprint density at radius 1 is 0.157 bits per heavy atom. The number of nitrogens with zero attached hydrogens (tertiary/aromatic N) is 5. The molecule has 2 aliphatic rings. The largest absolute Gasteiger partial charge is 0.309 e. The van der Waals surface area contributed by atoms with Gasteiger partial charge in [-0.05, 0) is 192 Å². The van der Waals surface area contributed by atoms with Gasteiger partial charge >= 0.3 is 0 Å². The summed E-state index contributed by atoms with van der Waals surface area (Å²) in [4.78, 5) is 5.27. The average Bonchev–Trinajstić information content (AvgIpc) is 0.909. The fourth-order valence-electron chi connectivity index (χ4n) is 18.0. The first-order valence-electron chi connectivity index (χ1n) is 37.3. The van der Waals surface area contributed by atoms with Crippen molar-refractivity contribution in [2.75, 3.05) is 9.80 Å². The van der Waals surface area contributed by atoms with Crippen LogP contribution in [0.15, 0.2) is 400 Å². The molecular weight excluding hydrogens is 1310 g/mol. The number of hydrogen-bond donors (Lipinski definition) is 0. The number of rotatable bonds is 11. The van der Waals surface area contributed by atoms with Gasteiger partial charge in [0.1, 0.15) is 0 Å². The predicted octanol–water partition coefficient (Wildman–Crippen LogP) is 25.1. The normalized spacial score (nSPS) is 12.4. The summed E-state index contributed by atoms with van der Waals surface area (Å²) in [5.74, 6) is 0. The molecule has 0 aliphatic carbocycles. The number of hydrogen-bond acceptors (Lipinski definition) is 2.